The zero-order chi connectivity index (χ0) is 11.5. The van der Waals surface area contributed by atoms with Gasteiger partial charge in [0.05, 0.1) is 12.7 Å². The van der Waals surface area contributed by atoms with E-state index in [1.165, 1.54) is 13.0 Å². The fourth-order valence-electron chi connectivity index (χ4n) is 2.93. The first-order valence-electron chi connectivity index (χ1n) is 6.45. The van der Waals surface area contributed by atoms with Crippen LogP contribution in [0.2, 0.25) is 0 Å². The van der Waals surface area contributed by atoms with E-state index in [-0.39, 0.29) is 0 Å². The lowest BCUT2D eigenvalue weighted by molar-refractivity contribution is -0.0376. The van der Waals surface area contributed by atoms with Crippen molar-refractivity contribution >= 4 is 0 Å². The lowest BCUT2D eigenvalue weighted by Crippen LogP contribution is -2.49. The molecule has 0 spiro atoms. The quantitative estimate of drug-likeness (QED) is 0.736. The maximum atomic E-state index is 5.85. The summed E-state index contributed by atoms with van der Waals surface area (Å²) in [5, 5.41) is 0. The Balaban J connectivity index is 1.84. The van der Waals surface area contributed by atoms with Crippen LogP contribution in [0.25, 0.3) is 0 Å². The number of hydrogen-bond donors (Lipinski definition) is 1. The van der Waals surface area contributed by atoms with E-state index in [9.17, 15) is 0 Å². The Morgan fingerprint density at radius 3 is 2.88 bits per heavy atom. The van der Waals surface area contributed by atoms with Crippen molar-refractivity contribution in [3.05, 3.63) is 0 Å². The van der Waals surface area contributed by atoms with Crippen LogP contribution in [0.15, 0.2) is 0 Å². The van der Waals surface area contributed by atoms with Gasteiger partial charge in [0, 0.05) is 32.2 Å². The van der Waals surface area contributed by atoms with Crippen LogP contribution < -0.4 is 5.73 Å². The highest BCUT2D eigenvalue weighted by molar-refractivity contribution is 4.87. The minimum Gasteiger partial charge on any atom is -0.374 e. The molecule has 2 fully saturated rings. The standard InChI is InChI=1S/C12H25N3O/c1-10-3-4-15(12(10)7-13)9-11-8-14(2)5-6-16-11/h10-12H,3-9,13H2,1-2H3. The summed E-state index contributed by atoms with van der Waals surface area (Å²) < 4.78 is 5.81. The molecule has 0 amide bonds. The fraction of sp³-hybridized carbons (Fsp3) is 1.00. The SMILES string of the molecule is CC1CCN(CC2CN(C)CCO2)C1CN. The second-order valence-corrected chi connectivity index (χ2v) is 5.32. The van der Waals surface area contributed by atoms with Gasteiger partial charge < -0.3 is 15.4 Å². The van der Waals surface area contributed by atoms with E-state index in [1.807, 2.05) is 0 Å². The highest BCUT2D eigenvalue weighted by Crippen LogP contribution is 2.23. The van der Waals surface area contributed by atoms with Crippen LogP contribution in [0.5, 0.6) is 0 Å². The van der Waals surface area contributed by atoms with Crippen molar-refractivity contribution in [3.8, 4) is 0 Å². The van der Waals surface area contributed by atoms with Crippen LogP contribution in [0.4, 0.5) is 0 Å². The van der Waals surface area contributed by atoms with E-state index in [0.717, 1.165) is 38.7 Å². The molecule has 0 aromatic carbocycles. The Morgan fingerprint density at radius 2 is 2.19 bits per heavy atom. The van der Waals surface area contributed by atoms with Crippen LogP contribution in [0.3, 0.4) is 0 Å². The van der Waals surface area contributed by atoms with Gasteiger partial charge in [0.1, 0.15) is 0 Å². The molecule has 3 unspecified atom stereocenters. The molecule has 0 radical (unpaired) electrons. The molecule has 2 heterocycles. The van der Waals surface area contributed by atoms with E-state index in [1.54, 1.807) is 0 Å². The van der Waals surface area contributed by atoms with Crippen LogP contribution >= 0.6 is 0 Å². The van der Waals surface area contributed by atoms with Gasteiger partial charge in [-0.1, -0.05) is 6.92 Å². The molecule has 2 rings (SSSR count). The Bertz CT molecular complexity index is 224. The summed E-state index contributed by atoms with van der Waals surface area (Å²) >= 11 is 0. The third kappa shape index (κ3) is 2.74. The Kier molecular flexibility index (Phi) is 4.19. The molecule has 94 valence electrons. The molecule has 16 heavy (non-hydrogen) atoms. The number of rotatable bonds is 3. The number of hydrogen-bond acceptors (Lipinski definition) is 4. The van der Waals surface area contributed by atoms with Crippen molar-refractivity contribution in [3.63, 3.8) is 0 Å². The third-order valence-electron chi connectivity index (χ3n) is 4.02. The summed E-state index contributed by atoms with van der Waals surface area (Å²) in [5.74, 6) is 0.742. The molecule has 2 aliphatic heterocycles. The smallest absolute Gasteiger partial charge is 0.0829 e. The predicted octanol–water partition coefficient (Wildman–Crippen LogP) is -0.0139. The van der Waals surface area contributed by atoms with Crippen LogP contribution in [0.1, 0.15) is 13.3 Å². The van der Waals surface area contributed by atoms with Crippen molar-refractivity contribution in [1.29, 1.82) is 0 Å². The highest BCUT2D eigenvalue weighted by atomic mass is 16.5. The normalized spacial score (nSPS) is 38.1. The first-order chi connectivity index (χ1) is 7.70. The molecular formula is C12H25N3O. The molecule has 2 saturated heterocycles. The number of ether oxygens (including phenoxy) is 1. The van der Waals surface area contributed by atoms with Gasteiger partial charge in [-0.2, -0.15) is 0 Å². The fourth-order valence-corrected chi connectivity index (χ4v) is 2.93. The molecule has 4 heteroatoms. The number of likely N-dealkylation sites (tertiary alicyclic amines) is 1. The summed E-state index contributed by atoms with van der Waals surface area (Å²) in [4.78, 5) is 4.87. The van der Waals surface area contributed by atoms with Gasteiger partial charge in [-0.3, -0.25) is 4.90 Å². The molecule has 2 aliphatic rings. The molecule has 2 N–H and O–H groups in total. The Morgan fingerprint density at radius 1 is 1.38 bits per heavy atom. The van der Waals surface area contributed by atoms with Gasteiger partial charge in [0.2, 0.25) is 0 Å². The summed E-state index contributed by atoms with van der Waals surface area (Å²) in [6.45, 7) is 8.32. The minimum absolute atomic E-state index is 0.373. The van der Waals surface area contributed by atoms with Gasteiger partial charge in [0.15, 0.2) is 0 Å². The lowest BCUT2D eigenvalue weighted by atomic mass is 10.0. The van der Waals surface area contributed by atoms with Crippen LogP contribution in [0, 0.1) is 5.92 Å². The van der Waals surface area contributed by atoms with Crippen molar-refractivity contribution < 1.29 is 4.74 Å². The Hall–Kier alpha value is -0.160. The zero-order valence-corrected chi connectivity index (χ0v) is 10.6. The summed E-state index contributed by atoms with van der Waals surface area (Å²) in [6.07, 6.45) is 1.66. The second-order valence-electron chi connectivity index (χ2n) is 5.32. The maximum Gasteiger partial charge on any atom is 0.0829 e. The maximum absolute atomic E-state index is 5.85. The van der Waals surface area contributed by atoms with E-state index >= 15 is 0 Å². The highest BCUT2D eigenvalue weighted by Gasteiger charge is 2.32. The van der Waals surface area contributed by atoms with Crippen molar-refractivity contribution in [2.75, 3.05) is 46.4 Å². The van der Waals surface area contributed by atoms with Gasteiger partial charge in [0.25, 0.3) is 0 Å². The number of nitrogens with two attached hydrogens (primary N) is 1. The van der Waals surface area contributed by atoms with Gasteiger partial charge in [-0.05, 0) is 25.9 Å². The van der Waals surface area contributed by atoms with E-state index in [0.29, 0.717) is 12.1 Å². The minimum atomic E-state index is 0.373. The molecule has 0 aliphatic carbocycles. The molecule has 0 saturated carbocycles. The van der Waals surface area contributed by atoms with E-state index < -0.39 is 0 Å². The molecular weight excluding hydrogens is 202 g/mol. The van der Waals surface area contributed by atoms with Crippen LogP contribution in [-0.2, 0) is 4.74 Å². The van der Waals surface area contributed by atoms with Gasteiger partial charge in [-0.15, -0.1) is 0 Å². The monoisotopic (exact) mass is 227 g/mol. The summed E-state index contributed by atoms with van der Waals surface area (Å²) in [6, 6.07) is 0.566. The van der Waals surface area contributed by atoms with Gasteiger partial charge >= 0.3 is 0 Å². The molecule has 3 atom stereocenters. The average molecular weight is 227 g/mol. The average Bonchev–Trinajstić information content (AvgIpc) is 2.59. The molecule has 0 aromatic rings. The largest absolute Gasteiger partial charge is 0.374 e. The topological polar surface area (TPSA) is 41.7 Å². The predicted molar refractivity (Wildman–Crippen MR) is 65.4 cm³/mol. The second kappa shape index (κ2) is 5.45. The number of nitrogens with zero attached hydrogens (tertiary/aromatic N) is 2. The zero-order valence-electron chi connectivity index (χ0n) is 10.6. The van der Waals surface area contributed by atoms with Crippen molar-refractivity contribution in [1.82, 2.24) is 9.80 Å². The lowest BCUT2D eigenvalue weighted by Gasteiger charge is -2.34. The summed E-state index contributed by atoms with van der Waals surface area (Å²) in [7, 11) is 2.17. The number of morpholine rings is 1. The van der Waals surface area contributed by atoms with Crippen molar-refractivity contribution in [2.45, 2.75) is 25.5 Å². The molecule has 4 nitrogen and oxygen atoms in total. The van der Waals surface area contributed by atoms with Crippen molar-refractivity contribution in [2.24, 2.45) is 11.7 Å². The molecule has 0 aromatic heterocycles. The van der Waals surface area contributed by atoms with E-state index in [2.05, 4.69) is 23.8 Å². The third-order valence-corrected chi connectivity index (χ3v) is 4.02. The van der Waals surface area contributed by atoms with Crippen LogP contribution in [-0.4, -0.2) is 68.3 Å². The molecule has 0 bridgehead atoms. The first-order valence-corrected chi connectivity index (χ1v) is 6.45. The van der Waals surface area contributed by atoms with E-state index in [4.69, 9.17) is 10.5 Å². The summed E-state index contributed by atoms with van der Waals surface area (Å²) in [5.41, 5.74) is 5.85. The number of likely N-dealkylation sites (N-methyl/N-ethyl adjacent to an activating group) is 1. The Labute approximate surface area is 98.7 Å². The first kappa shape index (κ1) is 12.3. The van der Waals surface area contributed by atoms with Gasteiger partial charge in [-0.25, -0.2) is 0 Å².